The van der Waals surface area contributed by atoms with E-state index in [1.54, 1.807) is 6.07 Å². The molecule has 1 amide bonds. The third-order valence-corrected chi connectivity index (χ3v) is 3.63. The number of hydrogen-bond acceptors (Lipinski definition) is 5. The number of aromatic nitrogens is 1. The summed E-state index contributed by atoms with van der Waals surface area (Å²) in [4.78, 5) is 14.9. The molecule has 0 bridgehead atoms. The van der Waals surface area contributed by atoms with E-state index < -0.39 is 5.91 Å². The second-order valence-electron chi connectivity index (χ2n) is 5.97. The van der Waals surface area contributed by atoms with Gasteiger partial charge in [-0.3, -0.25) is 10.2 Å². The van der Waals surface area contributed by atoms with Crippen molar-refractivity contribution < 1.29 is 9.32 Å². The van der Waals surface area contributed by atoms with Crippen LogP contribution in [0.1, 0.15) is 11.3 Å². The molecule has 24 heavy (non-hydrogen) atoms. The second kappa shape index (κ2) is 7.74. The average Bonchev–Trinajstić information content (AvgIpc) is 2.99. The van der Waals surface area contributed by atoms with Gasteiger partial charge in [0.2, 0.25) is 5.91 Å². The van der Waals surface area contributed by atoms with Crippen LogP contribution in [0.25, 0.3) is 11.3 Å². The average molecular weight is 329 g/mol. The molecule has 1 aromatic heterocycles. The maximum atomic E-state index is 10.9. The molecular weight excluding hydrogens is 306 g/mol. The lowest BCUT2D eigenvalue weighted by Gasteiger charge is -2.22. The van der Waals surface area contributed by atoms with Crippen LogP contribution in [0.3, 0.4) is 0 Å². The summed E-state index contributed by atoms with van der Waals surface area (Å²) in [7, 11) is 5.93. The number of likely N-dealkylation sites (N-methyl/N-ethyl adjacent to an activating group) is 2. The Balaban J connectivity index is 2.05. The molecule has 0 spiro atoms. The number of primary amides is 1. The molecule has 7 nitrogen and oxygen atoms in total. The molecule has 0 unspecified atom stereocenters. The van der Waals surface area contributed by atoms with E-state index in [9.17, 15) is 4.79 Å². The van der Waals surface area contributed by atoms with E-state index >= 15 is 0 Å². The van der Waals surface area contributed by atoms with Crippen LogP contribution in [0.5, 0.6) is 0 Å². The molecule has 128 valence electrons. The van der Waals surface area contributed by atoms with Gasteiger partial charge in [-0.2, -0.15) is 0 Å². The van der Waals surface area contributed by atoms with Crippen molar-refractivity contribution in [3.8, 4) is 11.3 Å². The fraction of sp³-hybridized carbons (Fsp3) is 0.353. The smallest absolute Gasteiger partial charge is 0.225 e. The summed E-state index contributed by atoms with van der Waals surface area (Å²) >= 11 is 0. The predicted molar refractivity (Wildman–Crippen MR) is 92.9 cm³/mol. The Labute approximate surface area is 141 Å². The van der Waals surface area contributed by atoms with Crippen molar-refractivity contribution in [1.29, 1.82) is 5.41 Å². The highest BCUT2D eigenvalue weighted by Gasteiger charge is 2.11. The van der Waals surface area contributed by atoms with Crippen LogP contribution in [0.4, 0.5) is 0 Å². The zero-order chi connectivity index (χ0) is 17.7. The monoisotopic (exact) mass is 329 g/mol. The first-order valence-electron chi connectivity index (χ1n) is 7.66. The number of nitrogens with zero attached hydrogens (tertiary/aromatic N) is 3. The van der Waals surface area contributed by atoms with Crippen LogP contribution >= 0.6 is 0 Å². The SMILES string of the molecule is CN(C)CCN(C)C(=N)c1ccc(-c2cc(CC(N)=O)on2)cc1. The second-order valence-corrected chi connectivity index (χ2v) is 5.97. The molecule has 3 N–H and O–H groups in total. The largest absolute Gasteiger partial charge is 0.369 e. The van der Waals surface area contributed by atoms with E-state index in [1.165, 1.54) is 0 Å². The van der Waals surface area contributed by atoms with Gasteiger partial charge in [0.1, 0.15) is 17.3 Å². The summed E-state index contributed by atoms with van der Waals surface area (Å²) in [6, 6.07) is 9.23. The lowest BCUT2D eigenvalue weighted by molar-refractivity contribution is -0.117. The van der Waals surface area contributed by atoms with Crippen molar-refractivity contribution >= 4 is 11.7 Å². The Hall–Kier alpha value is -2.67. The van der Waals surface area contributed by atoms with E-state index in [0.717, 1.165) is 24.2 Å². The van der Waals surface area contributed by atoms with Crippen molar-refractivity contribution in [1.82, 2.24) is 15.0 Å². The number of amides is 1. The molecule has 0 saturated heterocycles. The molecule has 0 atom stereocenters. The number of nitrogens with one attached hydrogen (secondary N) is 1. The van der Waals surface area contributed by atoms with E-state index in [1.807, 2.05) is 50.3 Å². The molecule has 0 saturated carbocycles. The highest BCUT2D eigenvalue weighted by molar-refractivity contribution is 5.96. The van der Waals surface area contributed by atoms with Crippen molar-refractivity contribution in [3.05, 3.63) is 41.7 Å². The van der Waals surface area contributed by atoms with E-state index in [0.29, 0.717) is 17.3 Å². The van der Waals surface area contributed by atoms with Gasteiger partial charge in [-0.15, -0.1) is 0 Å². The van der Waals surface area contributed by atoms with Crippen molar-refractivity contribution in [3.63, 3.8) is 0 Å². The molecule has 1 heterocycles. The van der Waals surface area contributed by atoms with Crippen molar-refractivity contribution in [2.24, 2.45) is 5.73 Å². The van der Waals surface area contributed by atoms with E-state index in [4.69, 9.17) is 15.7 Å². The third-order valence-electron chi connectivity index (χ3n) is 3.63. The molecule has 0 fully saturated rings. The fourth-order valence-corrected chi connectivity index (χ4v) is 2.19. The summed E-state index contributed by atoms with van der Waals surface area (Å²) in [5.41, 5.74) is 7.48. The number of benzene rings is 1. The van der Waals surface area contributed by atoms with Crippen LogP contribution in [-0.4, -0.2) is 60.9 Å². The lowest BCUT2D eigenvalue weighted by Crippen LogP contribution is -2.33. The van der Waals surface area contributed by atoms with Crippen LogP contribution in [0.2, 0.25) is 0 Å². The van der Waals surface area contributed by atoms with E-state index in [2.05, 4.69) is 10.1 Å². The first kappa shape index (κ1) is 17.7. The Bertz CT molecular complexity index is 706. The Morgan fingerprint density at radius 3 is 2.46 bits per heavy atom. The minimum atomic E-state index is -0.456. The zero-order valence-electron chi connectivity index (χ0n) is 14.2. The highest BCUT2D eigenvalue weighted by Crippen LogP contribution is 2.20. The van der Waals surface area contributed by atoms with Crippen molar-refractivity contribution in [2.75, 3.05) is 34.2 Å². The molecule has 7 heteroatoms. The van der Waals surface area contributed by atoms with Gasteiger partial charge in [-0.1, -0.05) is 29.4 Å². The Morgan fingerprint density at radius 2 is 1.88 bits per heavy atom. The summed E-state index contributed by atoms with van der Waals surface area (Å²) in [6.45, 7) is 1.67. The maximum Gasteiger partial charge on any atom is 0.225 e. The quantitative estimate of drug-likeness (QED) is 0.587. The van der Waals surface area contributed by atoms with Crippen LogP contribution in [0.15, 0.2) is 34.9 Å². The number of hydrogen-bond donors (Lipinski definition) is 2. The first-order chi connectivity index (χ1) is 11.4. The number of nitrogens with two attached hydrogens (primary N) is 1. The molecular formula is C17H23N5O2. The minimum absolute atomic E-state index is 0.0341. The molecule has 0 aliphatic carbocycles. The molecule has 0 radical (unpaired) electrons. The van der Waals surface area contributed by atoms with Crippen LogP contribution < -0.4 is 5.73 Å². The lowest BCUT2D eigenvalue weighted by atomic mass is 10.1. The van der Waals surface area contributed by atoms with Crippen LogP contribution in [-0.2, 0) is 11.2 Å². The summed E-state index contributed by atoms with van der Waals surface area (Å²) in [5.74, 6) is 0.456. The van der Waals surface area contributed by atoms with Gasteiger partial charge in [-0.25, -0.2) is 0 Å². The standard InChI is InChI=1S/C17H23N5O2/c1-21(2)8-9-22(3)17(19)13-6-4-12(5-7-13)15-10-14(24-20-15)11-16(18)23/h4-7,10,19H,8-9,11H2,1-3H3,(H2,18,23). The van der Waals surface area contributed by atoms with Gasteiger partial charge in [0, 0.05) is 37.3 Å². The van der Waals surface area contributed by atoms with Gasteiger partial charge in [-0.05, 0) is 14.1 Å². The van der Waals surface area contributed by atoms with Crippen molar-refractivity contribution in [2.45, 2.75) is 6.42 Å². The Kier molecular flexibility index (Phi) is 5.70. The zero-order valence-corrected chi connectivity index (χ0v) is 14.2. The predicted octanol–water partition coefficient (Wildman–Crippen LogP) is 1.19. The van der Waals surface area contributed by atoms with Gasteiger partial charge in [0.15, 0.2) is 0 Å². The normalized spacial score (nSPS) is 10.8. The summed E-state index contributed by atoms with van der Waals surface area (Å²) in [6.07, 6.45) is 0.0341. The molecule has 1 aromatic carbocycles. The molecule has 2 aromatic rings. The van der Waals surface area contributed by atoms with Gasteiger partial charge < -0.3 is 20.1 Å². The first-order valence-corrected chi connectivity index (χ1v) is 7.66. The van der Waals surface area contributed by atoms with Crippen LogP contribution in [0, 0.1) is 5.41 Å². The molecule has 2 rings (SSSR count). The number of rotatable bonds is 7. The van der Waals surface area contributed by atoms with Gasteiger partial charge in [0.05, 0.1) is 6.42 Å². The van der Waals surface area contributed by atoms with Gasteiger partial charge in [0.25, 0.3) is 0 Å². The number of carbonyl (C=O) groups is 1. The Morgan fingerprint density at radius 1 is 1.21 bits per heavy atom. The highest BCUT2D eigenvalue weighted by atomic mass is 16.5. The van der Waals surface area contributed by atoms with Gasteiger partial charge >= 0.3 is 0 Å². The minimum Gasteiger partial charge on any atom is -0.369 e. The summed E-state index contributed by atoms with van der Waals surface area (Å²) in [5, 5.41) is 12.2. The number of carbonyl (C=O) groups excluding carboxylic acids is 1. The molecule has 0 aliphatic heterocycles. The summed E-state index contributed by atoms with van der Waals surface area (Å²) < 4.78 is 5.09. The number of amidine groups is 1. The maximum absolute atomic E-state index is 10.9. The molecule has 0 aliphatic rings. The topological polar surface area (TPSA) is 99.5 Å². The fourth-order valence-electron chi connectivity index (χ4n) is 2.19. The third kappa shape index (κ3) is 4.66. The van der Waals surface area contributed by atoms with E-state index in [-0.39, 0.29) is 6.42 Å².